The molecule has 0 saturated carbocycles. The highest BCUT2D eigenvalue weighted by Gasteiger charge is 2.03. The van der Waals surface area contributed by atoms with Gasteiger partial charge in [0.1, 0.15) is 0 Å². The van der Waals surface area contributed by atoms with Gasteiger partial charge in [-0.05, 0) is 24.1 Å². The van der Waals surface area contributed by atoms with Crippen LogP contribution in [0.15, 0.2) is 48.5 Å². The highest BCUT2D eigenvalue weighted by Crippen LogP contribution is 2.09. The van der Waals surface area contributed by atoms with E-state index in [9.17, 15) is 0 Å². The van der Waals surface area contributed by atoms with Gasteiger partial charge in [-0.3, -0.25) is 4.98 Å². The van der Waals surface area contributed by atoms with Crippen LogP contribution in [0.4, 0.5) is 0 Å². The lowest BCUT2D eigenvalue weighted by molar-refractivity contribution is 0.972. The third-order valence-corrected chi connectivity index (χ3v) is 2.84. The maximum absolute atomic E-state index is 7.94. The Morgan fingerprint density at radius 1 is 1.06 bits per heavy atom. The molecule has 0 atom stereocenters. The van der Waals surface area contributed by atoms with Gasteiger partial charge < -0.3 is 5.41 Å². The van der Waals surface area contributed by atoms with E-state index in [1.165, 1.54) is 5.56 Å². The normalized spacial score (nSPS) is 10.3. The van der Waals surface area contributed by atoms with Crippen molar-refractivity contribution in [2.45, 2.75) is 26.2 Å². The number of hydrogen-bond donors (Lipinski definition) is 1. The Balaban J connectivity index is 2.15. The molecular weight excluding hydrogens is 220 g/mol. The molecule has 0 bridgehead atoms. The Kier molecular flexibility index (Phi) is 4.24. The summed E-state index contributed by atoms with van der Waals surface area (Å²) in [5.41, 5.74) is 3.72. The first-order valence-electron chi connectivity index (χ1n) is 6.37. The maximum Gasteiger partial charge on any atom is 0.0840 e. The van der Waals surface area contributed by atoms with E-state index in [4.69, 9.17) is 5.41 Å². The summed E-state index contributed by atoms with van der Waals surface area (Å²) in [6.07, 6.45) is 2.61. The average molecular weight is 238 g/mol. The van der Waals surface area contributed by atoms with Crippen molar-refractivity contribution in [1.82, 2.24) is 4.98 Å². The summed E-state index contributed by atoms with van der Waals surface area (Å²) in [6.45, 7) is 2.09. The summed E-state index contributed by atoms with van der Waals surface area (Å²) in [5, 5.41) is 7.94. The monoisotopic (exact) mass is 238 g/mol. The number of benzene rings is 1. The lowest BCUT2D eigenvalue weighted by Gasteiger charge is -2.05. The number of aromatic nitrogens is 1. The molecule has 0 saturated heterocycles. The Bertz CT molecular complexity index is 518. The lowest BCUT2D eigenvalue weighted by atomic mass is 10.1. The van der Waals surface area contributed by atoms with E-state index in [-0.39, 0.29) is 0 Å². The van der Waals surface area contributed by atoms with Gasteiger partial charge in [-0.2, -0.15) is 0 Å². The number of pyridine rings is 1. The van der Waals surface area contributed by atoms with Crippen LogP contribution in [0.1, 0.15) is 36.7 Å². The van der Waals surface area contributed by atoms with E-state index in [0.717, 1.165) is 30.7 Å². The Labute approximate surface area is 108 Å². The van der Waals surface area contributed by atoms with Crippen LogP contribution in [0.3, 0.4) is 0 Å². The fourth-order valence-corrected chi connectivity index (χ4v) is 1.93. The Morgan fingerprint density at radius 3 is 2.56 bits per heavy atom. The Hall–Kier alpha value is -1.96. The zero-order chi connectivity index (χ0) is 12.8. The quantitative estimate of drug-likeness (QED) is 0.789. The van der Waals surface area contributed by atoms with Crippen molar-refractivity contribution < 1.29 is 0 Å². The van der Waals surface area contributed by atoms with Gasteiger partial charge in [-0.1, -0.05) is 49.7 Å². The molecule has 1 heterocycles. The van der Waals surface area contributed by atoms with E-state index >= 15 is 0 Å². The van der Waals surface area contributed by atoms with Gasteiger partial charge in [0.05, 0.1) is 11.4 Å². The van der Waals surface area contributed by atoms with Crippen LogP contribution in [-0.4, -0.2) is 10.7 Å². The van der Waals surface area contributed by atoms with Crippen LogP contribution in [0.2, 0.25) is 0 Å². The van der Waals surface area contributed by atoms with Crippen LogP contribution in [-0.2, 0) is 6.42 Å². The fraction of sp³-hybridized carbons (Fsp3) is 0.250. The van der Waals surface area contributed by atoms with Crippen LogP contribution in [0, 0.1) is 5.41 Å². The Morgan fingerprint density at radius 2 is 1.83 bits per heavy atom. The first-order chi connectivity index (χ1) is 8.79. The molecule has 0 fully saturated rings. The maximum atomic E-state index is 7.94. The van der Waals surface area contributed by atoms with E-state index in [1.807, 2.05) is 36.4 Å². The standard InChI is InChI=1S/C16H18N2/c1-2-7-15(17)16-11-6-10-14(18-16)12-13-8-4-3-5-9-13/h3-6,8-11,17H,2,7,12H2,1H3. The average Bonchev–Trinajstić information content (AvgIpc) is 2.40. The minimum absolute atomic E-state index is 0.632. The molecule has 2 nitrogen and oxygen atoms in total. The predicted molar refractivity (Wildman–Crippen MR) is 75.2 cm³/mol. The van der Waals surface area contributed by atoms with Crippen LogP contribution < -0.4 is 0 Å². The largest absolute Gasteiger partial charge is 0.303 e. The summed E-state index contributed by atoms with van der Waals surface area (Å²) >= 11 is 0. The van der Waals surface area contributed by atoms with Crippen molar-refractivity contribution in [2.24, 2.45) is 0 Å². The third kappa shape index (κ3) is 3.27. The minimum Gasteiger partial charge on any atom is -0.303 e. The predicted octanol–water partition coefficient (Wildman–Crippen LogP) is 3.84. The van der Waals surface area contributed by atoms with Gasteiger partial charge in [0.15, 0.2) is 0 Å². The molecule has 92 valence electrons. The molecule has 2 rings (SSSR count). The summed E-state index contributed by atoms with van der Waals surface area (Å²) in [4.78, 5) is 4.56. The van der Waals surface area contributed by atoms with Crippen LogP contribution in [0.5, 0.6) is 0 Å². The molecule has 1 aromatic heterocycles. The molecule has 0 unspecified atom stereocenters. The van der Waals surface area contributed by atoms with Crippen LogP contribution in [0.25, 0.3) is 0 Å². The summed E-state index contributed by atoms with van der Waals surface area (Å²) in [7, 11) is 0. The topological polar surface area (TPSA) is 36.7 Å². The smallest absolute Gasteiger partial charge is 0.0840 e. The molecule has 18 heavy (non-hydrogen) atoms. The van der Waals surface area contributed by atoms with Crippen molar-refractivity contribution in [2.75, 3.05) is 0 Å². The summed E-state index contributed by atoms with van der Waals surface area (Å²) in [5.74, 6) is 0. The molecule has 1 N–H and O–H groups in total. The molecule has 1 aromatic carbocycles. The molecule has 2 aromatic rings. The molecule has 0 radical (unpaired) electrons. The second-order valence-electron chi connectivity index (χ2n) is 4.41. The van der Waals surface area contributed by atoms with Crippen molar-refractivity contribution in [3.63, 3.8) is 0 Å². The molecular formula is C16H18N2. The third-order valence-electron chi connectivity index (χ3n) is 2.84. The molecule has 2 heteroatoms. The zero-order valence-electron chi connectivity index (χ0n) is 10.7. The van der Waals surface area contributed by atoms with Gasteiger partial charge in [-0.25, -0.2) is 0 Å². The van der Waals surface area contributed by atoms with Gasteiger partial charge in [-0.15, -0.1) is 0 Å². The van der Waals surface area contributed by atoms with Crippen molar-refractivity contribution in [3.8, 4) is 0 Å². The van der Waals surface area contributed by atoms with E-state index in [0.29, 0.717) is 5.71 Å². The van der Waals surface area contributed by atoms with Crippen molar-refractivity contribution >= 4 is 5.71 Å². The van der Waals surface area contributed by atoms with Gasteiger partial charge in [0.2, 0.25) is 0 Å². The first-order valence-corrected chi connectivity index (χ1v) is 6.37. The lowest BCUT2D eigenvalue weighted by Crippen LogP contribution is -2.04. The minimum atomic E-state index is 0.632. The number of nitrogens with zero attached hydrogens (tertiary/aromatic N) is 1. The number of rotatable bonds is 5. The van der Waals surface area contributed by atoms with Gasteiger partial charge in [0.25, 0.3) is 0 Å². The number of hydrogen-bond acceptors (Lipinski definition) is 2. The van der Waals surface area contributed by atoms with Gasteiger partial charge in [0, 0.05) is 12.1 Å². The van der Waals surface area contributed by atoms with Gasteiger partial charge >= 0.3 is 0 Å². The van der Waals surface area contributed by atoms with E-state index in [2.05, 4.69) is 24.0 Å². The van der Waals surface area contributed by atoms with E-state index in [1.54, 1.807) is 0 Å². The number of nitrogens with one attached hydrogen (secondary N) is 1. The molecule has 0 aliphatic rings. The molecule has 0 amide bonds. The SMILES string of the molecule is CCCC(=N)c1cccc(Cc2ccccc2)n1. The first kappa shape index (κ1) is 12.5. The molecule has 0 aliphatic carbocycles. The zero-order valence-corrected chi connectivity index (χ0v) is 10.7. The van der Waals surface area contributed by atoms with Crippen molar-refractivity contribution in [3.05, 3.63) is 65.5 Å². The summed E-state index contributed by atoms with van der Waals surface area (Å²) < 4.78 is 0. The second-order valence-corrected chi connectivity index (χ2v) is 4.41. The van der Waals surface area contributed by atoms with Crippen LogP contribution >= 0.6 is 0 Å². The highest BCUT2D eigenvalue weighted by atomic mass is 14.7. The molecule has 0 aliphatic heterocycles. The van der Waals surface area contributed by atoms with E-state index < -0.39 is 0 Å². The summed E-state index contributed by atoms with van der Waals surface area (Å²) in [6, 6.07) is 16.2. The second kappa shape index (κ2) is 6.10. The fourth-order valence-electron chi connectivity index (χ4n) is 1.93. The molecule has 0 spiro atoms. The highest BCUT2D eigenvalue weighted by molar-refractivity contribution is 5.96. The van der Waals surface area contributed by atoms with Crippen molar-refractivity contribution in [1.29, 1.82) is 5.41 Å².